The number of quaternary nitrogens is 1. The topological polar surface area (TPSA) is 26.0 Å². The standard InChI is InChI=1S/C17H21N2.HI/c1-19(2)11-15(13-7-4-3-5-8-13)14-9-6-10-17(18)16(14)12-19;/h3-10,15H,11-12,18H2,1-2H3;1H/q+1;/p-1. The van der Waals surface area contributed by atoms with Gasteiger partial charge < -0.3 is 34.2 Å². The van der Waals surface area contributed by atoms with Crippen molar-refractivity contribution in [2.24, 2.45) is 0 Å². The van der Waals surface area contributed by atoms with Crippen LogP contribution in [-0.2, 0) is 6.54 Å². The Kier molecular flexibility index (Phi) is 4.39. The van der Waals surface area contributed by atoms with Gasteiger partial charge in [0.05, 0.1) is 26.6 Å². The molecule has 20 heavy (non-hydrogen) atoms. The number of benzene rings is 2. The molecule has 0 fully saturated rings. The summed E-state index contributed by atoms with van der Waals surface area (Å²) < 4.78 is 0.987. The molecule has 3 rings (SSSR count). The number of hydrogen-bond acceptors (Lipinski definition) is 1. The Morgan fingerprint density at radius 2 is 1.70 bits per heavy atom. The van der Waals surface area contributed by atoms with Crippen molar-refractivity contribution in [3.05, 3.63) is 65.2 Å². The summed E-state index contributed by atoms with van der Waals surface area (Å²) >= 11 is 0. The molecule has 0 aliphatic carbocycles. The summed E-state index contributed by atoms with van der Waals surface area (Å²) in [4.78, 5) is 0. The Bertz CT molecular complexity index is 593. The van der Waals surface area contributed by atoms with Crippen molar-refractivity contribution in [1.29, 1.82) is 0 Å². The maximum absolute atomic E-state index is 6.19. The molecule has 1 aliphatic heterocycles. The van der Waals surface area contributed by atoms with Gasteiger partial charge in [0, 0.05) is 11.3 Å². The Balaban J connectivity index is 0.00000147. The van der Waals surface area contributed by atoms with E-state index in [2.05, 4.69) is 56.6 Å². The van der Waals surface area contributed by atoms with Crippen molar-refractivity contribution < 1.29 is 28.5 Å². The van der Waals surface area contributed by atoms with E-state index in [1.807, 2.05) is 6.07 Å². The normalized spacial score (nSPS) is 19.8. The average Bonchev–Trinajstić information content (AvgIpc) is 2.39. The highest BCUT2D eigenvalue weighted by molar-refractivity contribution is 5.54. The minimum Gasteiger partial charge on any atom is -1.00 e. The van der Waals surface area contributed by atoms with E-state index in [4.69, 9.17) is 5.73 Å². The third-order valence-electron chi connectivity index (χ3n) is 4.09. The molecule has 0 radical (unpaired) electrons. The quantitative estimate of drug-likeness (QED) is 0.421. The van der Waals surface area contributed by atoms with Gasteiger partial charge in [0.2, 0.25) is 0 Å². The lowest BCUT2D eigenvalue weighted by Crippen LogP contribution is -3.00. The van der Waals surface area contributed by atoms with Crippen LogP contribution < -0.4 is 29.7 Å². The van der Waals surface area contributed by atoms with Crippen LogP contribution in [0.3, 0.4) is 0 Å². The molecule has 0 bridgehead atoms. The Hall–Kier alpha value is -1.07. The molecule has 0 aromatic heterocycles. The van der Waals surface area contributed by atoms with Gasteiger partial charge in [-0.05, 0) is 17.2 Å². The van der Waals surface area contributed by atoms with Crippen LogP contribution in [0.4, 0.5) is 5.69 Å². The molecule has 0 saturated carbocycles. The van der Waals surface area contributed by atoms with Crippen molar-refractivity contribution in [2.45, 2.75) is 12.5 Å². The van der Waals surface area contributed by atoms with Crippen LogP contribution in [0.5, 0.6) is 0 Å². The fourth-order valence-corrected chi connectivity index (χ4v) is 3.19. The molecule has 1 unspecified atom stereocenters. The zero-order chi connectivity index (χ0) is 13.5. The van der Waals surface area contributed by atoms with E-state index in [1.54, 1.807) is 0 Å². The van der Waals surface area contributed by atoms with Crippen LogP contribution in [0.1, 0.15) is 22.6 Å². The zero-order valence-electron chi connectivity index (χ0n) is 12.0. The van der Waals surface area contributed by atoms with Crippen molar-refractivity contribution >= 4 is 5.69 Å². The van der Waals surface area contributed by atoms with Crippen molar-refractivity contribution in [2.75, 3.05) is 26.4 Å². The number of rotatable bonds is 1. The smallest absolute Gasteiger partial charge is 0.106 e. The summed E-state index contributed by atoms with van der Waals surface area (Å²) in [5.74, 6) is 0.448. The molecule has 0 saturated heterocycles. The third kappa shape index (κ3) is 2.83. The molecule has 106 valence electrons. The summed E-state index contributed by atoms with van der Waals surface area (Å²) in [6.45, 7) is 2.14. The van der Waals surface area contributed by atoms with Crippen LogP contribution in [0, 0.1) is 0 Å². The summed E-state index contributed by atoms with van der Waals surface area (Å²) in [6.07, 6.45) is 0. The first-order valence-corrected chi connectivity index (χ1v) is 6.81. The fourth-order valence-electron chi connectivity index (χ4n) is 3.19. The molecule has 1 aliphatic rings. The largest absolute Gasteiger partial charge is 1.00 e. The second-order valence-electron chi connectivity index (χ2n) is 6.15. The molecule has 0 spiro atoms. The summed E-state index contributed by atoms with van der Waals surface area (Å²) in [7, 11) is 4.57. The number of anilines is 1. The van der Waals surface area contributed by atoms with E-state index < -0.39 is 0 Å². The number of hydrogen-bond donors (Lipinski definition) is 1. The lowest BCUT2D eigenvalue weighted by Gasteiger charge is -2.40. The third-order valence-corrected chi connectivity index (χ3v) is 4.09. The number of nitrogens with zero attached hydrogens (tertiary/aromatic N) is 1. The molecule has 0 amide bonds. The predicted molar refractivity (Wildman–Crippen MR) is 79.8 cm³/mol. The van der Waals surface area contributed by atoms with Crippen molar-refractivity contribution in [1.82, 2.24) is 0 Å². The van der Waals surface area contributed by atoms with E-state index in [0.29, 0.717) is 5.92 Å². The van der Waals surface area contributed by atoms with E-state index in [0.717, 1.165) is 23.3 Å². The number of halogens is 1. The van der Waals surface area contributed by atoms with Crippen LogP contribution in [0.25, 0.3) is 0 Å². The number of likely N-dealkylation sites (N-methyl/N-ethyl adjacent to an activating group) is 1. The average molecular weight is 380 g/mol. The molecule has 3 heteroatoms. The Labute approximate surface area is 138 Å². The van der Waals surface area contributed by atoms with Gasteiger partial charge in [-0.3, -0.25) is 0 Å². The second-order valence-corrected chi connectivity index (χ2v) is 6.15. The molecule has 1 atom stereocenters. The lowest BCUT2D eigenvalue weighted by atomic mass is 9.83. The number of nitrogen functional groups attached to an aromatic ring is 1. The van der Waals surface area contributed by atoms with E-state index in [1.165, 1.54) is 16.7 Å². The molecular formula is C17H21IN2. The molecule has 1 heterocycles. The van der Waals surface area contributed by atoms with Gasteiger partial charge in [-0.15, -0.1) is 0 Å². The lowest BCUT2D eigenvalue weighted by molar-refractivity contribution is -0.906. The van der Waals surface area contributed by atoms with E-state index >= 15 is 0 Å². The van der Waals surface area contributed by atoms with Crippen LogP contribution in [-0.4, -0.2) is 25.1 Å². The van der Waals surface area contributed by atoms with Crippen molar-refractivity contribution in [3.63, 3.8) is 0 Å². The predicted octanol–water partition coefficient (Wildman–Crippen LogP) is -0.00530. The molecule has 2 N–H and O–H groups in total. The molecule has 2 nitrogen and oxygen atoms in total. The SMILES string of the molecule is C[N+]1(C)Cc2c(N)cccc2C(c2ccccc2)C1.[I-]. The summed E-state index contributed by atoms with van der Waals surface area (Å²) in [5, 5.41) is 0. The minimum absolute atomic E-state index is 0. The van der Waals surface area contributed by atoms with Crippen LogP contribution >= 0.6 is 0 Å². The van der Waals surface area contributed by atoms with Gasteiger partial charge in [-0.25, -0.2) is 0 Å². The highest BCUT2D eigenvalue weighted by atomic mass is 127. The zero-order valence-corrected chi connectivity index (χ0v) is 14.2. The highest BCUT2D eigenvalue weighted by Crippen LogP contribution is 2.37. The van der Waals surface area contributed by atoms with Gasteiger partial charge in [-0.1, -0.05) is 42.5 Å². The Morgan fingerprint density at radius 3 is 2.40 bits per heavy atom. The molecule has 2 aromatic rings. The monoisotopic (exact) mass is 380 g/mol. The minimum atomic E-state index is 0. The number of nitrogens with two attached hydrogens (primary N) is 1. The summed E-state index contributed by atoms with van der Waals surface area (Å²) in [6, 6.07) is 17.1. The fraction of sp³-hybridized carbons (Fsp3) is 0.294. The first-order chi connectivity index (χ1) is 9.07. The van der Waals surface area contributed by atoms with Gasteiger partial charge in [0.1, 0.15) is 6.54 Å². The number of fused-ring (bicyclic) bond motifs is 1. The maximum Gasteiger partial charge on any atom is 0.106 e. The van der Waals surface area contributed by atoms with Gasteiger partial charge in [0.25, 0.3) is 0 Å². The first kappa shape index (κ1) is 15.3. The van der Waals surface area contributed by atoms with E-state index in [9.17, 15) is 0 Å². The van der Waals surface area contributed by atoms with E-state index in [-0.39, 0.29) is 24.0 Å². The Morgan fingerprint density at radius 1 is 1.00 bits per heavy atom. The van der Waals surface area contributed by atoms with Crippen LogP contribution in [0.2, 0.25) is 0 Å². The summed E-state index contributed by atoms with van der Waals surface area (Å²) in [5.41, 5.74) is 11.2. The maximum atomic E-state index is 6.19. The van der Waals surface area contributed by atoms with Gasteiger partial charge in [0.15, 0.2) is 0 Å². The van der Waals surface area contributed by atoms with Gasteiger partial charge >= 0.3 is 0 Å². The first-order valence-electron chi connectivity index (χ1n) is 6.81. The van der Waals surface area contributed by atoms with Crippen molar-refractivity contribution in [3.8, 4) is 0 Å². The second kappa shape index (κ2) is 5.74. The molecule has 2 aromatic carbocycles. The highest BCUT2D eigenvalue weighted by Gasteiger charge is 2.33. The van der Waals surface area contributed by atoms with Crippen LogP contribution in [0.15, 0.2) is 48.5 Å². The van der Waals surface area contributed by atoms with Gasteiger partial charge in [-0.2, -0.15) is 0 Å². The molecular weight excluding hydrogens is 359 g/mol.